The average molecular weight is 295 g/mol. The van der Waals surface area contributed by atoms with Crippen LogP contribution < -0.4 is 5.32 Å². The van der Waals surface area contributed by atoms with Crippen molar-refractivity contribution in [2.24, 2.45) is 0 Å². The Morgan fingerprint density at radius 2 is 1.91 bits per heavy atom. The minimum atomic E-state index is -0.405. The highest BCUT2D eigenvalue weighted by Crippen LogP contribution is 2.23. The number of non-ortho nitro benzene ring substituents is 1. The number of hydrogen-bond acceptors (Lipinski definition) is 4. The van der Waals surface area contributed by atoms with Gasteiger partial charge in [-0.15, -0.1) is 0 Å². The summed E-state index contributed by atoms with van der Waals surface area (Å²) in [4.78, 5) is 10.3. The van der Waals surface area contributed by atoms with Crippen molar-refractivity contribution >= 4 is 5.69 Å². The highest BCUT2D eigenvalue weighted by atomic mass is 16.6. The molecule has 0 radical (unpaired) electrons. The van der Waals surface area contributed by atoms with Crippen molar-refractivity contribution in [1.82, 2.24) is 5.32 Å². The van der Waals surface area contributed by atoms with Crippen molar-refractivity contribution in [3.8, 4) is 6.07 Å². The second kappa shape index (κ2) is 6.37. The van der Waals surface area contributed by atoms with E-state index in [1.807, 2.05) is 32.0 Å². The number of rotatable bonds is 5. The van der Waals surface area contributed by atoms with Crippen molar-refractivity contribution < 1.29 is 4.92 Å². The van der Waals surface area contributed by atoms with Gasteiger partial charge in [-0.1, -0.05) is 24.3 Å². The van der Waals surface area contributed by atoms with E-state index >= 15 is 0 Å². The molecule has 0 saturated carbocycles. The zero-order chi connectivity index (χ0) is 16.2. The third-order valence-electron chi connectivity index (χ3n) is 3.59. The third kappa shape index (κ3) is 3.68. The smallest absolute Gasteiger partial charge is 0.269 e. The normalized spacial score (nSPS) is 11.0. The summed E-state index contributed by atoms with van der Waals surface area (Å²) in [6.45, 7) is 4.64. The summed E-state index contributed by atoms with van der Waals surface area (Å²) in [5.74, 6) is 0. The molecule has 22 heavy (non-hydrogen) atoms. The van der Waals surface area contributed by atoms with Crippen LogP contribution in [0.2, 0.25) is 0 Å². The molecule has 0 spiro atoms. The molecule has 0 unspecified atom stereocenters. The molecule has 0 aliphatic heterocycles. The lowest BCUT2D eigenvalue weighted by Crippen LogP contribution is -2.35. The fourth-order valence-electron chi connectivity index (χ4n) is 2.18. The highest BCUT2D eigenvalue weighted by molar-refractivity contribution is 5.36. The van der Waals surface area contributed by atoms with Crippen molar-refractivity contribution in [2.75, 3.05) is 0 Å². The number of nitriles is 1. The van der Waals surface area contributed by atoms with E-state index in [4.69, 9.17) is 5.26 Å². The molecular formula is C17H17N3O2. The maximum absolute atomic E-state index is 10.7. The maximum Gasteiger partial charge on any atom is 0.269 e. The lowest BCUT2D eigenvalue weighted by atomic mass is 9.93. The molecule has 0 aliphatic carbocycles. The molecule has 0 atom stereocenters. The van der Waals surface area contributed by atoms with Crippen molar-refractivity contribution in [1.29, 1.82) is 5.26 Å². The Bertz CT molecular complexity index is 715. The van der Waals surface area contributed by atoms with Crippen LogP contribution >= 0.6 is 0 Å². The Morgan fingerprint density at radius 1 is 1.23 bits per heavy atom. The molecule has 0 fully saturated rings. The Kier molecular flexibility index (Phi) is 4.54. The van der Waals surface area contributed by atoms with Crippen molar-refractivity contribution in [3.05, 3.63) is 75.3 Å². The van der Waals surface area contributed by atoms with Crippen LogP contribution in [0.3, 0.4) is 0 Å². The van der Waals surface area contributed by atoms with Gasteiger partial charge in [0.05, 0.1) is 16.6 Å². The summed E-state index contributed by atoms with van der Waals surface area (Å²) in [7, 11) is 0. The summed E-state index contributed by atoms with van der Waals surface area (Å²) in [5, 5.41) is 23.0. The van der Waals surface area contributed by atoms with Crippen LogP contribution in [0.25, 0.3) is 0 Å². The number of nitro groups is 1. The van der Waals surface area contributed by atoms with E-state index < -0.39 is 4.92 Å². The molecule has 0 saturated heterocycles. The van der Waals surface area contributed by atoms with Gasteiger partial charge in [-0.2, -0.15) is 5.26 Å². The van der Waals surface area contributed by atoms with Crippen LogP contribution in [-0.4, -0.2) is 4.92 Å². The fourth-order valence-corrected chi connectivity index (χ4v) is 2.18. The standard InChI is InChI=1S/C17H17N3O2/c1-17(2,15-6-8-16(9-7-15)20(21)22)19-12-14-5-3-4-13(10-14)11-18/h3-10,19H,12H2,1-2H3. The van der Waals surface area contributed by atoms with Gasteiger partial charge in [0.25, 0.3) is 5.69 Å². The molecular weight excluding hydrogens is 278 g/mol. The zero-order valence-electron chi connectivity index (χ0n) is 12.5. The number of benzene rings is 2. The van der Waals surface area contributed by atoms with Gasteiger partial charge in [-0.3, -0.25) is 10.1 Å². The lowest BCUT2D eigenvalue weighted by Gasteiger charge is -2.27. The van der Waals surface area contributed by atoms with Crippen LogP contribution in [0.5, 0.6) is 0 Å². The first kappa shape index (κ1) is 15.7. The molecule has 112 valence electrons. The van der Waals surface area contributed by atoms with Gasteiger partial charge in [0.1, 0.15) is 0 Å². The van der Waals surface area contributed by atoms with Crippen LogP contribution in [0.1, 0.15) is 30.5 Å². The highest BCUT2D eigenvalue weighted by Gasteiger charge is 2.20. The first-order valence-electron chi connectivity index (χ1n) is 6.91. The van der Waals surface area contributed by atoms with Gasteiger partial charge >= 0.3 is 0 Å². The number of nitrogens with zero attached hydrogens (tertiary/aromatic N) is 2. The maximum atomic E-state index is 10.7. The second-order valence-electron chi connectivity index (χ2n) is 5.59. The van der Waals surface area contributed by atoms with Crippen LogP contribution in [-0.2, 0) is 12.1 Å². The van der Waals surface area contributed by atoms with E-state index in [0.29, 0.717) is 12.1 Å². The third-order valence-corrected chi connectivity index (χ3v) is 3.59. The molecule has 0 heterocycles. The molecule has 0 aromatic heterocycles. The molecule has 0 aliphatic rings. The number of hydrogen-bond donors (Lipinski definition) is 1. The van der Waals surface area contributed by atoms with E-state index in [2.05, 4.69) is 11.4 Å². The van der Waals surface area contributed by atoms with Gasteiger partial charge in [-0.05, 0) is 37.1 Å². The summed E-state index contributed by atoms with van der Waals surface area (Å²) in [6, 6.07) is 16.1. The van der Waals surface area contributed by atoms with Gasteiger partial charge in [0.15, 0.2) is 0 Å². The predicted molar refractivity (Wildman–Crippen MR) is 84.1 cm³/mol. The lowest BCUT2D eigenvalue weighted by molar-refractivity contribution is -0.384. The van der Waals surface area contributed by atoms with Gasteiger partial charge < -0.3 is 5.32 Å². The SMILES string of the molecule is CC(C)(NCc1cccc(C#N)c1)c1ccc([N+](=O)[O-])cc1. The molecule has 0 amide bonds. The monoisotopic (exact) mass is 295 g/mol. The van der Waals surface area contributed by atoms with Crippen molar-refractivity contribution in [2.45, 2.75) is 25.9 Å². The molecule has 1 N–H and O–H groups in total. The summed E-state index contributed by atoms with van der Waals surface area (Å²) < 4.78 is 0. The quantitative estimate of drug-likeness (QED) is 0.676. The summed E-state index contributed by atoms with van der Waals surface area (Å²) in [5.41, 5.74) is 2.37. The van der Waals surface area contributed by atoms with E-state index in [9.17, 15) is 10.1 Å². The van der Waals surface area contributed by atoms with E-state index in [1.54, 1.807) is 18.2 Å². The predicted octanol–water partition coefficient (Wildman–Crippen LogP) is 3.49. The van der Waals surface area contributed by atoms with Gasteiger partial charge in [0.2, 0.25) is 0 Å². The first-order valence-corrected chi connectivity index (χ1v) is 6.91. The Balaban J connectivity index is 2.10. The number of nitro benzene ring substituents is 1. The van der Waals surface area contributed by atoms with E-state index in [-0.39, 0.29) is 11.2 Å². The fraction of sp³-hybridized carbons (Fsp3) is 0.235. The topological polar surface area (TPSA) is 79.0 Å². The van der Waals surface area contributed by atoms with Crippen molar-refractivity contribution in [3.63, 3.8) is 0 Å². The molecule has 5 heteroatoms. The molecule has 0 bridgehead atoms. The average Bonchev–Trinajstić information content (AvgIpc) is 2.53. The minimum absolute atomic E-state index is 0.0845. The first-order chi connectivity index (χ1) is 10.4. The molecule has 2 rings (SSSR count). The van der Waals surface area contributed by atoms with Gasteiger partial charge in [0, 0.05) is 24.2 Å². The van der Waals surface area contributed by atoms with E-state index in [0.717, 1.165) is 11.1 Å². The van der Waals surface area contributed by atoms with E-state index in [1.165, 1.54) is 12.1 Å². The van der Waals surface area contributed by atoms with Crippen LogP contribution in [0.15, 0.2) is 48.5 Å². The van der Waals surface area contributed by atoms with Gasteiger partial charge in [-0.25, -0.2) is 0 Å². The zero-order valence-corrected chi connectivity index (χ0v) is 12.5. The second-order valence-corrected chi connectivity index (χ2v) is 5.59. The summed E-state index contributed by atoms with van der Waals surface area (Å²) in [6.07, 6.45) is 0. The Hall–Kier alpha value is -2.71. The molecule has 2 aromatic carbocycles. The Labute approximate surface area is 129 Å². The number of nitrogens with one attached hydrogen (secondary N) is 1. The van der Waals surface area contributed by atoms with Crippen LogP contribution in [0.4, 0.5) is 5.69 Å². The Morgan fingerprint density at radius 3 is 2.50 bits per heavy atom. The largest absolute Gasteiger partial charge is 0.304 e. The molecule has 5 nitrogen and oxygen atoms in total. The van der Waals surface area contributed by atoms with Crippen LogP contribution in [0, 0.1) is 21.4 Å². The molecule has 2 aromatic rings. The summed E-state index contributed by atoms with van der Waals surface area (Å²) >= 11 is 0. The minimum Gasteiger partial charge on any atom is -0.304 e.